The van der Waals surface area contributed by atoms with E-state index in [-0.39, 0.29) is 17.8 Å². The zero-order valence-electron chi connectivity index (χ0n) is 12.7. The van der Waals surface area contributed by atoms with Crippen LogP contribution in [0.4, 0.5) is 0 Å². The molecule has 0 heterocycles. The third-order valence-electron chi connectivity index (χ3n) is 3.33. The van der Waals surface area contributed by atoms with Gasteiger partial charge in [-0.1, -0.05) is 36.8 Å². The van der Waals surface area contributed by atoms with Gasteiger partial charge in [0.25, 0.3) is 0 Å². The van der Waals surface area contributed by atoms with Crippen LogP contribution in [-0.4, -0.2) is 37.5 Å². The van der Waals surface area contributed by atoms with Crippen molar-refractivity contribution < 1.29 is 14.3 Å². The van der Waals surface area contributed by atoms with Gasteiger partial charge in [-0.3, -0.25) is 9.59 Å². The van der Waals surface area contributed by atoms with Gasteiger partial charge in [0.05, 0.1) is 13.0 Å². The number of aryl methyl sites for hydroxylation is 2. The van der Waals surface area contributed by atoms with Gasteiger partial charge in [0.15, 0.2) is 0 Å². The van der Waals surface area contributed by atoms with Gasteiger partial charge in [0, 0.05) is 20.0 Å². The van der Waals surface area contributed by atoms with E-state index in [0.29, 0.717) is 13.0 Å². The number of carbonyl (C=O) groups excluding carboxylic acids is 2. The van der Waals surface area contributed by atoms with E-state index in [0.717, 1.165) is 12.0 Å². The van der Waals surface area contributed by atoms with Crippen LogP contribution in [-0.2, 0) is 20.7 Å². The Balaban J connectivity index is 2.42. The summed E-state index contributed by atoms with van der Waals surface area (Å²) < 4.78 is 4.66. The van der Waals surface area contributed by atoms with Crippen molar-refractivity contribution >= 4 is 11.9 Å². The molecule has 1 unspecified atom stereocenters. The Labute approximate surface area is 120 Å². The molecule has 1 aromatic rings. The topological polar surface area (TPSA) is 46.6 Å². The number of esters is 1. The van der Waals surface area contributed by atoms with E-state index in [1.807, 2.05) is 31.2 Å². The predicted molar refractivity (Wildman–Crippen MR) is 78.3 cm³/mol. The zero-order chi connectivity index (χ0) is 15.1. The number of carbonyl (C=O) groups is 2. The van der Waals surface area contributed by atoms with Crippen molar-refractivity contribution in [2.24, 2.45) is 5.92 Å². The molecule has 4 nitrogen and oxygen atoms in total. The lowest BCUT2D eigenvalue weighted by Gasteiger charge is -2.20. The lowest BCUT2D eigenvalue weighted by atomic mass is 10.1. The molecule has 0 aliphatic carbocycles. The molecule has 0 spiro atoms. The first-order valence-electron chi connectivity index (χ1n) is 6.81. The van der Waals surface area contributed by atoms with Gasteiger partial charge in [-0.15, -0.1) is 0 Å². The van der Waals surface area contributed by atoms with Gasteiger partial charge in [-0.2, -0.15) is 0 Å². The fourth-order valence-electron chi connectivity index (χ4n) is 1.99. The molecule has 0 aliphatic heterocycles. The zero-order valence-corrected chi connectivity index (χ0v) is 12.7. The van der Waals surface area contributed by atoms with Crippen molar-refractivity contribution in [2.45, 2.75) is 26.7 Å². The van der Waals surface area contributed by atoms with Crippen LogP contribution in [0.2, 0.25) is 0 Å². The lowest BCUT2D eigenvalue weighted by Crippen LogP contribution is -2.34. The van der Waals surface area contributed by atoms with E-state index in [1.54, 1.807) is 18.9 Å². The number of hydrogen-bond donors (Lipinski definition) is 0. The summed E-state index contributed by atoms with van der Waals surface area (Å²) in [5.74, 6) is -0.544. The van der Waals surface area contributed by atoms with E-state index >= 15 is 0 Å². The maximum absolute atomic E-state index is 12.0. The molecule has 1 rings (SSSR count). The molecular weight excluding hydrogens is 254 g/mol. The number of benzene rings is 1. The van der Waals surface area contributed by atoms with Gasteiger partial charge in [0.2, 0.25) is 5.91 Å². The van der Waals surface area contributed by atoms with Gasteiger partial charge >= 0.3 is 5.97 Å². The fraction of sp³-hybridized carbons (Fsp3) is 0.500. The third-order valence-corrected chi connectivity index (χ3v) is 3.33. The highest BCUT2D eigenvalue weighted by Crippen LogP contribution is 2.08. The SMILES string of the molecule is COC(=O)C(C)CN(C)C(=O)CCc1ccc(C)cc1. The normalized spacial score (nSPS) is 11.8. The van der Waals surface area contributed by atoms with E-state index in [1.165, 1.54) is 12.7 Å². The summed E-state index contributed by atoms with van der Waals surface area (Å²) in [5.41, 5.74) is 2.36. The van der Waals surface area contributed by atoms with E-state index < -0.39 is 0 Å². The molecule has 1 atom stereocenters. The molecule has 1 amide bonds. The second-order valence-electron chi connectivity index (χ2n) is 5.18. The van der Waals surface area contributed by atoms with E-state index in [9.17, 15) is 9.59 Å². The minimum atomic E-state index is -0.298. The highest BCUT2D eigenvalue weighted by Gasteiger charge is 2.18. The van der Waals surface area contributed by atoms with E-state index in [4.69, 9.17) is 0 Å². The Kier molecular flexibility index (Phi) is 6.22. The van der Waals surface area contributed by atoms with Crippen LogP contribution in [0, 0.1) is 12.8 Å². The van der Waals surface area contributed by atoms with Crippen LogP contribution in [0.1, 0.15) is 24.5 Å². The molecular formula is C16H23NO3. The van der Waals surface area contributed by atoms with E-state index in [2.05, 4.69) is 4.74 Å². The highest BCUT2D eigenvalue weighted by atomic mass is 16.5. The van der Waals surface area contributed by atoms with Crippen LogP contribution in [0.3, 0.4) is 0 Å². The average molecular weight is 277 g/mol. The molecule has 0 fully saturated rings. The molecule has 110 valence electrons. The molecule has 20 heavy (non-hydrogen) atoms. The third kappa shape index (κ3) is 5.03. The van der Waals surface area contributed by atoms with Crippen molar-refractivity contribution in [1.29, 1.82) is 0 Å². The quantitative estimate of drug-likeness (QED) is 0.749. The maximum Gasteiger partial charge on any atom is 0.310 e. The molecule has 0 saturated carbocycles. The summed E-state index contributed by atoms with van der Waals surface area (Å²) in [7, 11) is 3.08. The summed E-state index contributed by atoms with van der Waals surface area (Å²) >= 11 is 0. The minimum Gasteiger partial charge on any atom is -0.469 e. The Bertz CT molecular complexity index is 453. The molecule has 0 N–H and O–H groups in total. The van der Waals surface area contributed by atoms with Crippen molar-refractivity contribution in [3.05, 3.63) is 35.4 Å². The van der Waals surface area contributed by atoms with Gasteiger partial charge in [-0.25, -0.2) is 0 Å². The summed E-state index contributed by atoms with van der Waals surface area (Å²) in [6.45, 7) is 4.19. The maximum atomic E-state index is 12.0. The molecule has 0 bridgehead atoms. The van der Waals surface area contributed by atoms with Gasteiger partial charge in [-0.05, 0) is 18.9 Å². The van der Waals surface area contributed by atoms with Gasteiger partial charge < -0.3 is 9.64 Å². The number of ether oxygens (including phenoxy) is 1. The highest BCUT2D eigenvalue weighted by molar-refractivity contribution is 5.77. The molecule has 0 aliphatic rings. The number of methoxy groups -OCH3 is 1. The Morgan fingerprint density at radius 1 is 1.25 bits per heavy atom. The summed E-state index contributed by atoms with van der Waals surface area (Å²) in [6.07, 6.45) is 1.17. The van der Waals surface area contributed by atoms with Crippen LogP contribution >= 0.6 is 0 Å². The number of rotatable bonds is 6. The molecule has 4 heteroatoms. The predicted octanol–water partition coefficient (Wildman–Crippen LogP) is 2.20. The first-order chi connectivity index (χ1) is 9.43. The lowest BCUT2D eigenvalue weighted by molar-refractivity contribution is -0.146. The summed E-state index contributed by atoms with van der Waals surface area (Å²) in [6, 6.07) is 8.17. The molecule has 0 aromatic heterocycles. The first-order valence-corrected chi connectivity index (χ1v) is 6.81. The van der Waals surface area contributed by atoms with Crippen molar-refractivity contribution in [1.82, 2.24) is 4.90 Å². The standard InChI is InChI=1S/C16H23NO3/c1-12-5-7-14(8-6-12)9-10-15(18)17(3)11-13(2)16(19)20-4/h5-8,13H,9-11H2,1-4H3. The molecule has 0 saturated heterocycles. The number of amides is 1. The summed E-state index contributed by atoms with van der Waals surface area (Å²) in [5, 5.41) is 0. The first kappa shape index (κ1) is 16.2. The monoisotopic (exact) mass is 277 g/mol. The van der Waals surface area contributed by atoms with Crippen LogP contribution in [0.25, 0.3) is 0 Å². The van der Waals surface area contributed by atoms with Crippen LogP contribution in [0.15, 0.2) is 24.3 Å². The molecule has 1 aromatic carbocycles. The Hall–Kier alpha value is -1.84. The number of nitrogens with zero attached hydrogens (tertiary/aromatic N) is 1. The van der Waals surface area contributed by atoms with Crippen molar-refractivity contribution in [3.63, 3.8) is 0 Å². The second-order valence-corrected chi connectivity index (χ2v) is 5.18. The number of hydrogen-bond acceptors (Lipinski definition) is 3. The van der Waals surface area contributed by atoms with Crippen molar-refractivity contribution in [3.8, 4) is 0 Å². The smallest absolute Gasteiger partial charge is 0.310 e. The Morgan fingerprint density at radius 3 is 2.40 bits per heavy atom. The second kappa shape index (κ2) is 7.68. The van der Waals surface area contributed by atoms with Crippen molar-refractivity contribution in [2.75, 3.05) is 20.7 Å². The average Bonchev–Trinajstić information content (AvgIpc) is 2.45. The largest absolute Gasteiger partial charge is 0.469 e. The van der Waals surface area contributed by atoms with Crippen LogP contribution in [0.5, 0.6) is 0 Å². The fourth-order valence-corrected chi connectivity index (χ4v) is 1.99. The summed E-state index contributed by atoms with van der Waals surface area (Å²) in [4.78, 5) is 24.9. The van der Waals surface area contributed by atoms with Gasteiger partial charge in [0.1, 0.15) is 0 Å². The Morgan fingerprint density at radius 2 is 1.85 bits per heavy atom. The minimum absolute atomic E-state index is 0.0429. The molecule has 0 radical (unpaired) electrons. The van der Waals surface area contributed by atoms with Crippen LogP contribution < -0.4 is 0 Å².